The van der Waals surface area contributed by atoms with E-state index in [0.717, 1.165) is 12.1 Å². The third-order valence-electron chi connectivity index (χ3n) is 1.15. The van der Waals surface area contributed by atoms with Crippen molar-refractivity contribution in [1.29, 1.82) is 0 Å². The highest BCUT2D eigenvalue weighted by molar-refractivity contribution is 7.74. The topological polar surface area (TPSA) is 115 Å². The monoisotopic (exact) mass is 244 g/mol. The zero-order valence-corrected chi connectivity index (χ0v) is 8.67. The summed E-state index contributed by atoms with van der Waals surface area (Å²) in [6.45, 7) is 0. The lowest BCUT2D eigenvalue weighted by Crippen LogP contribution is -1.99. The Labute approximate surface area is 77.2 Å². The van der Waals surface area contributed by atoms with Crippen LogP contribution in [0.5, 0.6) is 0 Å². The van der Waals surface area contributed by atoms with Crippen molar-refractivity contribution >= 4 is 35.8 Å². The second kappa shape index (κ2) is 3.29. The molecule has 13 heavy (non-hydrogen) atoms. The Bertz CT molecular complexity index is 362. The Morgan fingerprint density at radius 1 is 0.923 bits per heavy atom. The van der Waals surface area contributed by atoms with E-state index in [4.69, 9.17) is 19.6 Å². The quantitative estimate of drug-likeness (QED) is 0.514. The molecule has 0 fully saturated rings. The highest BCUT2D eigenvalue weighted by Gasteiger charge is 2.25. The molecule has 0 aliphatic rings. The molecule has 0 unspecified atom stereocenters. The van der Waals surface area contributed by atoms with Gasteiger partial charge in [0.05, 0.1) is 0 Å². The summed E-state index contributed by atoms with van der Waals surface area (Å²) in [4.78, 5) is 34.5. The molecule has 6 nitrogen and oxygen atoms in total. The van der Waals surface area contributed by atoms with Crippen molar-refractivity contribution in [3.63, 3.8) is 0 Å². The lowest BCUT2D eigenvalue weighted by Gasteiger charge is -1.99. The van der Waals surface area contributed by atoms with Gasteiger partial charge in [0, 0.05) is 0 Å². The van der Waals surface area contributed by atoms with Gasteiger partial charge >= 0.3 is 15.2 Å². The van der Waals surface area contributed by atoms with Gasteiger partial charge in [0.2, 0.25) is 0 Å². The van der Waals surface area contributed by atoms with Crippen LogP contribution in [0.2, 0.25) is 0 Å². The normalized spacial score (nSPS) is 13.2. The van der Waals surface area contributed by atoms with E-state index in [0.29, 0.717) is 11.3 Å². The van der Waals surface area contributed by atoms with Gasteiger partial charge in [-0.05, 0) is 12.1 Å². The van der Waals surface area contributed by atoms with Crippen LogP contribution in [0.1, 0.15) is 0 Å². The molecule has 0 saturated carbocycles. The molecule has 1 aromatic heterocycles. The molecule has 1 aromatic rings. The van der Waals surface area contributed by atoms with Crippen molar-refractivity contribution < 1.29 is 28.7 Å². The first-order valence-corrected chi connectivity index (χ1v) is 6.97. The number of hydrogen-bond acceptors (Lipinski definition) is 3. The minimum Gasteiger partial charge on any atom is -0.320 e. The van der Waals surface area contributed by atoms with Gasteiger partial charge in [-0.3, -0.25) is 9.13 Å². The Hall–Kier alpha value is -0.0000000000000000833. The van der Waals surface area contributed by atoms with Crippen molar-refractivity contribution in [3.05, 3.63) is 12.1 Å². The smallest absolute Gasteiger partial charge is 0.320 e. The Morgan fingerprint density at radius 2 is 1.23 bits per heavy atom. The fraction of sp³-hybridized carbons (Fsp3) is 0. The predicted molar refractivity (Wildman–Crippen MR) is 47.7 cm³/mol. The van der Waals surface area contributed by atoms with Crippen LogP contribution in [-0.2, 0) is 9.13 Å². The molecule has 1 rings (SSSR count). The highest BCUT2D eigenvalue weighted by Crippen LogP contribution is 2.40. The predicted octanol–water partition coefficient (Wildman–Crippen LogP) is -0.646. The standard InChI is InChI=1S/C4H6O6P2S/c5-11(6,7)3-1-2-4(13-3)12(8,9)10/h1-2H,(H2,5,6,7)(H2,8,9,10). The molecule has 4 N–H and O–H groups in total. The molecule has 0 aliphatic heterocycles. The van der Waals surface area contributed by atoms with Gasteiger partial charge < -0.3 is 19.6 Å². The summed E-state index contributed by atoms with van der Waals surface area (Å²) in [5.41, 5.74) is 0. The molecular formula is C4H6O6P2S. The van der Waals surface area contributed by atoms with Crippen LogP contribution < -0.4 is 9.24 Å². The third-order valence-corrected chi connectivity index (χ3v) is 5.26. The maximum atomic E-state index is 10.6. The summed E-state index contributed by atoms with van der Waals surface area (Å²) < 4.78 is 20.6. The Morgan fingerprint density at radius 3 is 1.38 bits per heavy atom. The zero-order chi connectivity index (χ0) is 10.3. The first-order chi connectivity index (χ1) is 5.71. The van der Waals surface area contributed by atoms with E-state index >= 15 is 0 Å². The van der Waals surface area contributed by atoms with Gasteiger partial charge in [0.25, 0.3) is 0 Å². The Kier molecular flexibility index (Phi) is 2.81. The minimum atomic E-state index is -4.39. The number of hydrogen-bond donors (Lipinski definition) is 4. The van der Waals surface area contributed by atoms with Gasteiger partial charge in [0.1, 0.15) is 9.24 Å². The van der Waals surface area contributed by atoms with Gasteiger partial charge in [-0.25, -0.2) is 0 Å². The summed E-state index contributed by atoms with van der Waals surface area (Å²) in [6, 6.07) is 2.03. The van der Waals surface area contributed by atoms with Gasteiger partial charge in [-0.1, -0.05) is 0 Å². The molecule has 0 bridgehead atoms. The average Bonchev–Trinajstić information content (AvgIpc) is 2.28. The van der Waals surface area contributed by atoms with Crippen molar-refractivity contribution in [1.82, 2.24) is 0 Å². The fourth-order valence-electron chi connectivity index (χ4n) is 0.631. The second-order valence-corrected chi connectivity index (χ2v) is 7.03. The van der Waals surface area contributed by atoms with Crippen molar-refractivity contribution in [2.75, 3.05) is 0 Å². The summed E-state index contributed by atoms with van der Waals surface area (Å²) in [7, 11) is -8.78. The molecule has 0 aromatic carbocycles. The Balaban J connectivity index is 3.16. The van der Waals surface area contributed by atoms with Gasteiger partial charge in [0.15, 0.2) is 0 Å². The highest BCUT2D eigenvalue weighted by atomic mass is 32.1. The molecule has 0 atom stereocenters. The number of rotatable bonds is 2. The van der Waals surface area contributed by atoms with Crippen LogP contribution in [0.25, 0.3) is 0 Å². The summed E-state index contributed by atoms with van der Waals surface area (Å²) in [6.07, 6.45) is 0. The number of thiophene rings is 1. The van der Waals surface area contributed by atoms with Crippen molar-refractivity contribution in [3.8, 4) is 0 Å². The fourth-order valence-corrected chi connectivity index (χ4v) is 3.41. The van der Waals surface area contributed by atoms with Crippen molar-refractivity contribution in [2.24, 2.45) is 0 Å². The molecule has 9 heteroatoms. The maximum absolute atomic E-state index is 10.6. The zero-order valence-electron chi connectivity index (χ0n) is 6.06. The van der Waals surface area contributed by atoms with Gasteiger partial charge in [-0.15, -0.1) is 11.3 Å². The first kappa shape index (κ1) is 11.1. The van der Waals surface area contributed by atoms with Crippen LogP contribution in [0.3, 0.4) is 0 Å². The summed E-state index contributed by atoms with van der Waals surface area (Å²) >= 11 is 0.421. The lowest BCUT2D eigenvalue weighted by atomic mass is 10.7. The first-order valence-electron chi connectivity index (χ1n) is 2.93. The molecule has 0 radical (unpaired) electrons. The van der Waals surface area contributed by atoms with Crippen LogP contribution in [0, 0.1) is 0 Å². The third kappa shape index (κ3) is 2.72. The average molecular weight is 244 g/mol. The largest absolute Gasteiger partial charge is 0.366 e. The van der Waals surface area contributed by atoms with E-state index in [2.05, 4.69) is 0 Å². The van der Waals surface area contributed by atoms with E-state index in [-0.39, 0.29) is 9.24 Å². The summed E-state index contributed by atoms with van der Waals surface area (Å²) in [5.74, 6) is 0. The van der Waals surface area contributed by atoms with E-state index in [1.54, 1.807) is 0 Å². The van der Waals surface area contributed by atoms with Gasteiger partial charge in [-0.2, -0.15) is 0 Å². The molecule has 0 aliphatic carbocycles. The van der Waals surface area contributed by atoms with Crippen LogP contribution in [-0.4, -0.2) is 19.6 Å². The van der Waals surface area contributed by atoms with E-state index in [1.165, 1.54) is 0 Å². The van der Waals surface area contributed by atoms with E-state index in [9.17, 15) is 9.13 Å². The molecule has 0 saturated heterocycles. The summed E-state index contributed by atoms with van der Waals surface area (Å²) in [5, 5.41) is 0. The van der Waals surface area contributed by atoms with Crippen LogP contribution >= 0.6 is 26.5 Å². The molecule has 0 spiro atoms. The van der Waals surface area contributed by atoms with E-state index in [1.807, 2.05) is 0 Å². The van der Waals surface area contributed by atoms with Crippen LogP contribution in [0.15, 0.2) is 12.1 Å². The van der Waals surface area contributed by atoms with E-state index < -0.39 is 15.2 Å². The van der Waals surface area contributed by atoms with Crippen LogP contribution in [0.4, 0.5) is 0 Å². The minimum absolute atomic E-state index is 0.342. The molecule has 74 valence electrons. The molecular weight excluding hydrogens is 238 g/mol. The molecule has 1 heterocycles. The maximum Gasteiger partial charge on any atom is 0.366 e. The lowest BCUT2D eigenvalue weighted by molar-refractivity contribution is 0.386. The molecule has 0 amide bonds. The van der Waals surface area contributed by atoms with Crippen molar-refractivity contribution in [2.45, 2.75) is 0 Å². The second-order valence-electron chi connectivity index (χ2n) is 2.20. The SMILES string of the molecule is O=P(O)(O)c1ccc(P(=O)(O)O)s1.